The van der Waals surface area contributed by atoms with Gasteiger partial charge in [0.2, 0.25) is 5.89 Å². The smallest absolute Gasteiger partial charge is 0.251 e. The van der Waals surface area contributed by atoms with E-state index in [2.05, 4.69) is 29.5 Å². The van der Waals surface area contributed by atoms with E-state index in [1.54, 1.807) is 4.90 Å². The summed E-state index contributed by atoms with van der Waals surface area (Å²) in [5.74, 6) is 2.25. The maximum absolute atomic E-state index is 13.3. The van der Waals surface area contributed by atoms with Gasteiger partial charge in [0.05, 0.1) is 19.2 Å². The molecule has 0 bridgehead atoms. The van der Waals surface area contributed by atoms with Crippen LogP contribution in [0.4, 0.5) is 0 Å². The Morgan fingerprint density at radius 2 is 1.86 bits per heavy atom. The SMILES string of the molecule is CCCCOc1ccc(C2CC3C(=O)N(Cc4nc(-c5ccc(C)cc5)oc4C)C=CN3N2)cc1. The van der Waals surface area contributed by atoms with Gasteiger partial charge >= 0.3 is 0 Å². The van der Waals surface area contributed by atoms with Crippen molar-refractivity contribution < 1.29 is 13.9 Å². The molecule has 3 heterocycles. The third kappa shape index (κ3) is 4.95. The third-order valence-corrected chi connectivity index (χ3v) is 6.64. The highest BCUT2D eigenvalue weighted by atomic mass is 16.5. The Kier molecular flexibility index (Phi) is 6.59. The maximum atomic E-state index is 13.3. The predicted molar refractivity (Wildman–Crippen MR) is 134 cm³/mol. The number of carbonyl (C=O) groups is 1. The Labute approximate surface area is 206 Å². The van der Waals surface area contributed by atoms with Crippen molar-refractivity contribution >= 4 is 5.91 Å². The van der Waals surface area contributed by atoms with E-state index in [0.717, 1.165) is 47.8 Å². The number of fused-ring (bicyclic) bond motifs is 1. The van der Waals surface area contributed by atoms with Crippen molar-refractivity contribution in [3.05, 3.63) is 83.5 Å². The molecule has 1 fully saturated rings. The third-order valence-electron chi connectivity index (χ3n) is 6.64. The Hall–Kier alpha value is -3.58. The summed E-state index contributed by atoms with van der Waals surface area (Å²) in [7, 11) is 0. The van der Waals surface area contributed by atoms with Crippen LogP contribution in [0.5, 0.6) is 5.75 Å². The molecule has 1 amide bonds. The number of aryl methyl sites for hydroxylation is 2. The summed E-state index contributed by atoms with van der Waals surface area (Å²) >= 11 is 0. The van der Waals surface area contributed by atoms with E-state index in [-0.39, 0.29) is 18.0 Å². The van der Waals surface area contributed by atoms with E-state index in [1.165, 1.54) is 5.56 Å². The number of aromatic nitrogens is 1. The highest BCUT2D eigenvalue weighted by molar-refractivity contribution is 5.84. The lowest BCUT2D eigenvalue weighted by molar-refractivity contribution is -0.135. The van der Waals surface area contributed by atoms with E-state index in [4.69, 9.17) is 9.15 Å². The number of unbranched alkanes of at least 4 members (excludes halogenated alkanes) is 1. The molecule has 2 unspecified atom stereocenters. The van der Waals surface area contributed by atoms with Crippen LogP contribution in [0, 0.1) is 13.8 Å². The molecule has 2 aliphatic rings. The van der Waals surface area contributed by atoms with Crippen molar-refractivity contribution in [1.82, 2.24) is 20.3 Å². The molecular formula is C28H32N4O3. The molecule has 2 aliphatic heterocycles. The van der Waals surface area contributed by atoms with Crippen molar-refractivity contribution in [2.45, 2.75) is 58.7 Å². The molecule has 7 heteroatoms. The minimum absolute atomic E-state index is 0.0568. The van der Waals surface area contributed by atoms with Gasteiger partial charge in [-0.25, -0.2) is 10.4 Å². The first-order valence-electron chi connectivity index (χ1n) is 12.3. The molecule has 0 aliphatic carbocycles. The molecule has 182 valence electrons. The van der Waals surface area contributed by atoms with Crippen LogP contribution in [-0.4, -0.2) is 33.4 Å². The first kappa shape index (κ1) is 23.2. The van der Waals surface area contributed by atoms with Crippen molar-refractivity contribution in [1.29, 1.82) is 0 Å². The molecule has 5 rings (SSSR count). The molecule has 2 aromatic carbocycles. The highest BCUT2D eigenvalue weighted by Crippen LogP contribution is 2.32. The van der Waals surface area contributed by atoms with E-state index < -0.39 is 0 Å². The molecule has 3 aromatic rings. The van der Waals surface area contributed by atoms with Crippen molar-refractivity contribution in [2.24, 2.45) is 0 Å². The number of nitrogens with one attached hydrogen (secondary N) is 1. The van der Waals surface area contributed by atoms with Crippen LogP contribution in [0.1, 0.15) is 54.8 Å². The van der Waals surface area contributed by atoms with Gasteiger partial charge < -0.3 is 19.1 Å². The van der Waals surface area contributed by atoms with Crippen LogP contribution in [0.15, 0.2) is 65.3 Å². The van der Waals surface area contributed by atoms with Crippen LogP contribution in [0.2, 0.25) is 0 Å². The van der Waals surface area contributed by atoms with Gasteiger partial charge in [-0.15, -0.1) is 0 Å². The van der Waals surface area contributed by atoms with E-state index in [9.17, 15) is 4.79 Å². The zero-order chi connectivity index (χ0) is 24.4. The average Bonchev–Trinajstić information content (AvgIpc) is 3.46. The van der Waals surface area contributed by atoms with Crippen LogP contribution < -0.4 is 10.2 Å². The molecule has 0 saturated carbocycles. The van der Waals surface area contributed by atoms with E-state index >= 15 is 0 Å². The van der Waals surface area contributed by atoms with Gasteiger partial charge in [-0.1, -0.05) is 43.2 Å². The molecule has 1 aromatic heterocycles. The van der Waals surface area contributed by atoms with Gasteiger partial charge in [0.25, 0.3) is 5.91 Å². The topological polar surface area (TPSA) is 70.8 Å². The number of ether oxygens (including phenoxy) is 1. The van der Waals surface area contributed by atoms with Crippen LogP contribution in [0.25, 0.3) is 11.5 Å². The standard InChI is InChI=1S/C28H32N4O3/c1-4-5-16-34-23-12-10-21(11-13-23)24-17-26-28(33)31(14-15-32(26)30-24)18-25-20(3)35-27(29-25)22-8-6-19(2)7-9-22/h6-15,24,26,30H,4-5,16-18H2,1-3H3. The lowest BCUT2D eigenvalue weighted by Crippen LogP contribution is -2.47. The molecule has 35 heavy (non-hydrogen) atoms. The Morgan fingerprint density at radius 1 is 1.09 bits per heavy atom. The summed E-state index contributed by atoms with van der Waals surface area (Å²) in [4.78, 5) is 19.8. The summed E-state index contributed by atoms with van der Waals surface area (Å²) < 4.78 is 11.7. The lowest BCUT2D eigenvalue weighted by Gasteiger charge is -2.31. The van der Waals surface area contributed by atoms with Crippen LogP contribution in [-0.2, 0) is 11.3 Å². The molecule has 1 saturated heterocycles. The van der Waals surface area contributed by atoms with Crippen molar-refractivity contribution in [3.8, 4) is 17.2 Å². The lowest BCUT2D eigenvalue weighted by atomic mass is 10.0. The van der Waals surface area contributed by atoms with Gasteiger partial charge in [-0.05, 0) is 56.5 Å². The molecule has 1 N–H and O–H groups in total. The fourth-order valence-corrected chi connectivity index (χ4v) is 4.47. The zero-order valence-corrected chi connectivity index (χ0v) is 20.5. The Morgan fingerprint density at radius 3 is 2.60 bits per heavy atom. The van der Waals surface area contributed by atoms with Gasteiger partial charge in [0.15, 0.2) is 0 Å². The molecule has 7 nitrogen and oxygen atoms in total. The summed E-state index contributed by atoms with van der Waals surface area (Å²) in [6.07, 6.45) is 6.62. The molecule has 0 spiro atoms. The first-order valence-corrected chi connectivity index (χ1v) is 12.3. The minimum Gasteiger partial charge on any atom is -0.494 e. The number of hydrogen-bond donors (Lipinski definition) is 1. The first-order chi connectivity index (χ1) is 17.0. The second kappa shape index (κ2) is 9.96. The fourth-order valence-electron chi connectivity index (χ4n) is 4.47. The number of oxazole rings is 1. The number of nitrogens with zero attached hydrogens (tertiary/aromatic N) is 3. The second-order valence-electron chi connectivity index (χ2n) is 9.26. The number of rotatable bonds is 8. The zero-order valence-electron chi connectivity index (χ0n) is 20.5. The minimum atomic E-state index is -0.255. The number of benzene rings is 2. The summed E-state index contributed by atoms with van der Waals surface area (Å²) in [5, 5.41) is 1.92. The van der Waals surface area contributed by atoms with E-state index in [1.807, 2.05) is 67.7 Å². The number of hydrazine groups is 1. The quantitative estimate of drug-likeness (QED) is 0.450. The Bertz CT molecular complexity index is 1200. The Balaban J connectivity index is 1.23. The highest BCUT2D eigenvalue weighted by Gasteiger charge is 2.40. The van der Waals surface area contributed by atoms with Crippen molar-refractivity contribution in [3.63, 3.8) is 0 Å². The summed E-state index contributed by atoms with van der Waals surface area (Å²) in [6, 6.07) is 16.1. The molecular weight excluding hydrogens is 440 g/mol. The fraction of sp³-hybridized carbons (Fsp3) is 0.357. The predicted octanol–water partition coefficient (Wildman–Crippen LogP) is 5.27. The number of carbonyl (C=O) groups excluding carboxylic acids is 1. The maximum Gasteiger partial charge on any atom is 0.251 e. The summed E-state index contributed by atoms with van der Waals surface area (Å²) in [6.45, 7) is 7.22. The van der Waals surface area contributed by atoms with Gasteiger partial charge in [-0.2, -0.15) is 0 Å². The number of amides is 1. The van der Waals surface area contributed by atoms with Gasteiger partial charge in [0, 0.05) is 18.0 Å². The average molecular weight is 473 g/mol. The van der Waals surface area contributed by atoms with Crippen LogP contribution in [0.3, 0.4) is 0 Å². The van der Waals surface area contributed by atoms with E-state index in [0.29, 0.717) is 18.9 Å². The summed E-state index contributed by atoms with van der Waals surface area (Å²) in [5.41, 5.74) is 7.49. The normalized spacial score (nSPS) is 19.3. The molecule has 2 atom stereocenters. The number of hydrogen-bond acceptors (Lipinski definition) is 6. The molecule has 0 radical (unpaired) electrons. The largest absolute Gasteiger partial charge is 0.494 e. The van der Waals surface area contributed by atoms with Crippen molar-refractivity contribution in [2.75, 3.05) is 6.61 Å². The van der Waals surface area contributed by atoms with Gasteiger partial charge in [0.1, 0.15) is 23.2 Å². The second-order valence-corrected chi connectivity index (χ2v) is 9.26. The van der Waals surface area contributed by atoms with Gasteiger partial charge in [-0.3, -0.25) is 4.79 Å². The monoisotopic (exact) mass is 472 g/mol. The van der Waals surface area contributed by atoms with Crippen LogP contribution >= 0.6 is 0 Å².